The molecule has 2 aliphatic heterocycles. The van der Waals surface area contributed by atoms with Crippen molar-refractivity contribution >= 4 is 23.3 Å². The van der Waals surface area contributed by atoms with Crippen LogP contribution in [0.5, 0.6) is 0 Å². The summed E-state index contributed by atoms with van der Waals surface area (Å²) in [6, 6.07) is 20.8. The predicted molar refractivity (Wildman–Crippen MR) is 130 cm³/mol. The van der Waals surface area contributed by atoms with Crippen LogP contribution in [0.2, 0.25) is 0 Å². The lowest BCUT2D eigenvalue weighted by Crippen LogP contribution is -2.38. The van der Waals surface area contributed by atoms with Crippen LogP contribution in [0.15, 0.2) is 54.6 Å². The largest absolute Gasteiger partial charge is 0.378 e. The molecule has 2 saturated heterocycles. The van der Waals surface area contributed by atoms with Crippen LogP contribution in [-0.2, 0) is 4.74 Å². The molecule has 7 nitrogen and oxygen atoms in total. The summed E-state index contributed by atoms with van der Waals surface area (Å²) in [4.78, 5) is 4.60. The number of hydrogen-bond donors (Lipinski definition) is 0. The second kappa shape index (κ2) is 9.88. The van der Waals surface area contributed by atoms with Crippen LogP contribution in [0, 0.1) is 11.3 Å². The second-order valence-electron chi connectivity index (χ2n) is 8.40. The Morgan fingerprint density at radius 2 is 1.55 bits per heavy atom. The van der Waals surface area contributed by atoms with E-state index in [-0.39, 0.29) is 0 Å². The fraction of sp³-hybridized carbons (Fsp3) is 0.346. The van der Waals surface area contributed by atoms with Crippen molar-refractivity contribution in [3.05, 3.63) is 66.0 Å². The Bertz CT molecular complexity index is 1130. The summed E-state index contributed by atoms with van der Waals surface area (Å²) in [5, 5.41) is 19.0. The summed E-state index contributed by atoms with van der Waals surface area (Å²) in [7, 11) is 0. The van der Waals surface area contributed by atoms with Crippen LogP contribution in [0.4, 0.5) is 11.6 Å². The summed E-state index contributed by atoms with van der Waals surface area (Å²) >= 11 is 0. The van der Waals surface area contributed by atoms with E-state index in [1.807, 2.05) is 41.0 Å². The lowest BCUT2D eigenvalue weighted by Gasteiger charge is -2.28. The molecule has 0 aliphatic carbocycles. The number of nitriles is 1. The maximum atomic E-state index is 10.0. The van der Waals surface area contributed by atoms with Gasteiger partial charge in [0.15, 0.2) is 5.82 Å². The van der Waals surface area contributed by atoms with Gasteiger partial charge in [0, 0.05) is 31.9 Å². The van der Waals surface area contributed by atoms with Crippen LogP contribution in [0.1, 0.15) is 30.7 Å². The molecule has 3 heterocycles. The van der Waals surface area contributed by atoms with Crippen LogP contribution < -0.4 is 9.80 Å². The fourth-order valence-electron chi connectivity index (χ4n) is 4.48. The van der Waals surface area contributed by atoms with E-state index in [4.69, 9.17) is 4.74 Å². The van der Waals surface area contributed by atoms with Gasteiger partial charge < -0.3 is 14.5 Å². The Morgan fingerprint density at radius 3 is 2.24 bits per heavy atom. The van der Waals surface area contributed by atoms with Crippen LogP contribution in [0.3, 0.4) is 0 Å². The molecule has 0 amide bonds. The minimum atomic E-state index is 0.483. The monoisotopic (exact) mass is 440 g/mol. The number of hydrogen-bond acceptors (Lipinski definition) is 6. The van der Waals surface area contributed by atoms with E-state index in [0.717, 1.165) is 43.4 Å². The number of piperidine rings is 1. The molecule has 2 aliphatic rings. The van der Waals surface area contributed by atoms with Gasteiger partial charge in [-0.1, -0.05) is 30.3 Å². The van der Waals surface area contributed by atoms with Gasteiger partial charge in [-0.2, -0.15) is 5.26 Å². The molecule has 33 heavy (non-hydrogen) atoms. The summed E-state index contributed by atoms with van der Waals surface area (Å²) in [5.41, 5.74) is 3.63. The number of benzene rings is 2. The molecule has 0 saturated carbocycles. The topological polar surface area (TPSA) is 70.2 Å². The first-order valence-corrected chi connectivity index (χ1v) is 11.6. The smallest absolute Gasteiger partial charge is 0.232 e. The van der Waals surface area contributed by atoms with E-state index in [1.165, 1.54) is 24.9 Å². The predicted octanol–water partition coefficient (Wildman–Crippen LogP) is 4.16. The lowest BCUT2D eigenvalue weighted by atomic mass is 10.1. The summed E-state index contributed by atoms with van der Waals surface area (Å²) in [6.07, 6.45) is 5.71. The standard InChI is InChI=1S/C26H28N6O/c27-20-22(19-21-9-11-23(12-10-21)30-13-5-2-6-14-30)25-28-29-26(31-15-17-33-18-16-31)32(25)24-7-3-1-4-8-24/h1,3-4,7-12,19H,2,5-6,13-18H2/b22-19+. The minimum absolute atomic E-state index is 0.483. The number of para-hydroxylation sites is 1. The molecule has 0 unspecified atom stereocenters. The van der Waals surface area contributed by atoms with Crippen LogP contribution >= 0.6 is 0 Å². The minimum Gasteiger partial charge on any atom is -0.378 e. The number of aromatic nitrogens is 3. The SMILES string of the molecule is N#C/C(=C\c1ccc(N2CCCCC2)cc1)c1nnc(N2CCOCC2)n1-c1ccccc1. The molecule has 3 aromatic rings. The highest BCUT2D eigenvalue weighted by Crippen LogP contribution is 2.27. The van der Waals surface area contributed by atoms with Crippen molar-refractivity contribution in [3.63, 3.8) is 0 Å². The van der Waals surface area contributed by atoms with E-state index in [1.54, 1.807) is 0 Å². The zero-order valence-corrected chi connectivity index (χ0v) is 18.7. The molecule has 168 valence electrons. The molecular formula is C26H28N6O. The van der Waals surface area contributed by atoms with E-state index >= 15 is 0 Å². The average molecular weight is 441 g/mol. The molecule has 5 rings (SSSR count). The Hall–Kier alpha value is -3.63. The number of morpholine rings is 1. The maximum absolute atomic E-state index is 10.0. The van der Waals surface area contributed by atoms with Crippen molar-refractivity contribution in [1.82, 2.24) is 14.8 Å². The molecule has 2 fully saturated rings. The van der Waals surface area contributed by atoms with Crippen LogP contribution in [0.25, 0.3) is 17.3 Å². The molecule has 0 N–H and O–H groups in total. The van der Waals surface area contributed by atoms with Gasteiger partial charge in [-0.05, 0) is 55.2 Å². The molecule has 0 bridgehead atoms. The van der Waals surface area contributed by atoms with Gasteiger partial charge in [0.2, 0.25) is 5.95 Å². The zero-order valence-electron chi connectivity index (χ0n) is 18.7. The first kappa shape index (κ1) is 21.2. The Morgan fingerprint density at radius 1 is 0.818 bits per heavy atom. The quantitative estimate of drug-likeness (QED) is 0.555. The fourth-order valence-corrected chi connectivity index (χ4v) is 4.48. The van der Waals surface area contributed by atoms with Gasteiger partial charge in [0.25, 0.3) is 0 Å². The molecule has 0 radical (unpaired) electrons. The molecule has 0 spiro atoms. The van der Waals surface area contributed by atoms with Gasteiger partial charge in [-0.15, -0.1) is 10.2 Å². The van der Waals surface area contributed by atoms with Gasteiger partial charge in [-0.25, -0.2) is 0 Å². The van der Waals surface area contributed by atoms with Crippen molar-refractivity contribution in [3.8, 4) is 11.8 Å². The summed E-state index contributed by atoms with van der Waals surface area (Å²) in [6.45, 7) is 5.03. The molecular weight excluding hydrogens is 412 g/mol. The third-order valence-electron chi connectivity index (χ3n) is 6.24. The summed E-state index contributed by atoms with van der Waals surface area (Å²) < 4.78 is 7.48. The highest BCUT2D eigenvalue weighted by molar-refractivity contribution is 5.88. The normalized spacial score (nSPS) is 17.1. The van der Waals surface area contributed by atoms with Crippen molar-refractivity contribution in [2.45, 2.75) is 19.3 Å². The number of ether oxygens (including phenoxy) is 1. The number of allylic oxidation sites excluding steroid dienone is 1. The van der Waals surface area contributed by atoms with Gasteiger partial charge >= 0.3 is 0 Å². The van der Waals surface area contributed by atoms with Crippen LogP contribution in [-0.4, -0.2) is 54.2 Å². The molecule has 7 heteroatoms. The van der Waals surface area contributed by atoms with Crippen molar-refractivity contribution in [2.75, 3.05) is 49.2 Å². The van der Waals surface area contributed by atoms with E-state index in [9.17, 15) is 5.26 Å². The summed E-state index contributed by atoms with van der Waals surface area (Å²) in [5.74, 6) is 1.28. The number of nitrogens with zero attached hydrogens (tertiary/aromatic N) is 6. The van der Waals surface area contributed by atoms with Crippen molar-refractivity contribution < 1.29 is 4.74 Å². The highest BCUT2D eigenvalue weighted by atomic mass is 16.5. The van der Waals surface area contributed by atoms with E-state index < -0.39 is 0 Å². The molecule has 2 aromatic carbocycles. The van der Waals surface area contributed by atoms with E-state index in [0.29, 0.717) is 24.6 Å². The van der Waals surface area contributed by atoms with Crippen molar-refractivity contribution in [1.29, 1.82) is 5.26 Å². The Kier molecular flexibility index (Phi) is 6.36. The van der Waals surface area contributed by atoms with Gasteiger partial charge in [-0.3, -0.25) is 4.57 Å². The average Bonchev–Trinajstić information content (AvgIpc) is 3.34. The maximum Gasteiger partial charge on any atom is 0.232 e. The van der Waals surface area contributed by atoms with Crippen molar-refractivity contribution in [2.24, 2.45) is 0 Å². The lowest BCUT2D eigenvalue weighted by molar-refractivity contribution is 0.122. The number of anilines is 2. The number of rotatable bonds is 5. The third-order valence-corrected chi connectivity index (χ3v) is 6.24. The first-order valence-electron chi connectivity index (χ1n) is 11.6. The Balaban J connectivity index is 1.49. The third kappa shape index (κ3) is 4.62. The second-order valence-corrected chi connectivity index (χ2v) is 8.40. The highest BCUT2D eigenvalue weighted by Gasteiger charge is 2.23. The molecule has 1 aromatic heterocycles. The Labute approximate surface area is 194 Å². The molecule has 0 atom stereocenters. The zero-order chi connectivity index (χ0) is 22.5. The van der Waals surface area contributed by atoms with Gasteiger partial charge in [0.05, 0.1) is 24.5 Å². The van der Waals surface area contributed by atoms with Gasteiger partial charge in [0.1, 0.15) is 6.07 Å². The van der Waals surface area contributed by atoms with E-state index in [2.05, 4.69) is 50.3 Å². The first-order chi connectivity index (χ1) is 16.3.